The van der Waals surface area contributed by atoms with E-state index in [0.29, 0.717) is 0 Å². The molecule has 0 aliphatic heterocycles. The Balaban J connectivity index is 2.07. The van der Waals surface area contributed by atoms with E-state index in [1.165, 1.54) is 0 Å². The molecule has 1 aromatic heterocycles. The predicted octanol–water partition coefficient (Wildman–Crippen LogP) is 2.09. The van der Waals surface area contributed by atoms with Crippen LogP contribution in [-0.4, -0.2) is 14.7 Å². The average molecular weight is 231 g/mol. The second kappa shape index (κ2) is 5.01. The number of anilines is 1. The lowest BCUT2D eigenvalue weighted by Crippen LogP contribution is -2.11. The number of benzene rings is 1. The maximum atomic E-state index is 8.96. The van der Waals surface area contributed by atoms with Gasteiger partial charge in [-0.25, -0.2) is 4.98 Å². The van der Waals surface area contributed by atoms with E-state index >= 15 is 0 Å². The van der Waals surface area contributed by atoms with Gasteiger partial charge in [0.2, 0.25) is 0 Å². The molecule has 4 nitrogen and oxygen atoms in total. The average Bonchev–Trinajstić information content (AvgIpc) is 2.76. The Morgan fingerprint density at radius 2 is 2.06 bits per heavy atom. The fraction of sp³-hybridized carbons (Fsp3) is 0.308. The van der Waals surface area contributed by atoms with Crippen molar-refractivity contribution in [1.82, 2.24) is 9.55 Å². The number of aliphatic hydroxyl groups is 1. The Morgan fingerprint density at radius 1 is 1.35 bits per heavy atom. The maximum Gasteiger partial charge on any atom is 0.130 e. The molecule has 0 radical (unpaired) electrons. The molecule has 0 amide bonds. The Bertz CT molecular complexity index is 476. The molecule has 2 aromatic rings. The first-order chi connectivity index (χ1) is 8.20. The van der Waals surface area contributed by atoms with E-state index in [2.05, 4.69) is 17.2 Å². The normalized spacial score (nSPS) is 12.4. The number of hydrogen-bond acceptors (Lipinski definition) is 3. The molecule has 1 heterocycles. The predicted molar refractivity (Wildman–Crippen MR) is 67.6 cm³/mol. The van der Waals surface area contributed by atoms with Gasteiger partial charge in [-0.3, -0.25) is 0 Å². The lowest BCUT2D eigenvalue weighted by atomic mass is 10.2. The summed E-state index contributed by atoms with van der Waals surface area (Å²) in [5.74, 6) is 0.997. The summed E-state index contributed by atoms with van der Waals surface area (Å²) in [6.45, 7) is 2.15. The number of aromatic nitrogens is 2. The molecular weight excluding hydrogens is 214 g/mol. The minimum atomic E-state index is 0.0786. The molecule has 2 N–H and O–H groups in total. The number of aryl methyl sites for hydroxylation is 1. The van der Waals surface area contributed by atoms with Gasteiger partial charge < -0.3 is 15.0 Å². The SMILES string of the molecule is CC(Nc1ccc(CO)cc1)c1nccn1C. The molecule has 2 rings (SSSR count). The largest absolute Gasteiger partial charge is 0.392 e. The maximum absolute atomic E-state index is 8.96. The van der Waals surface area contributed by atoms with E-state index in [0.717, 1.165) is 17.1 Å². The lowest BCUT2D eigenvalue weighted by molar-refractivity contribution is 0.282. The van der Waals surface area contributed by atoms with Crippen molar-refractivity contribution in [2.75, 3.05) is 5.32 Å². The molecule has 0 aliphatic rings. The van der Waals surface area contributed by atoms with E-state index in [9.17, 15) is 0 Å². The standard InChI is InChI=1S/C13H17N3O/c1-10(13-14-7-8-16(13)2)15-12-5-3-11(9-17)4-6-12/h3-8,10,15,17H,9H2,1-2H3. The Labute approximate surface area is 101 Å². The summed E-state index contributed by atoms with van der Waals surface area (Å²) in [6.07, 6.45) is 3.73. The molecule has 4 heteroatoms. The fourth-order valence-corrected chi connectivity index (χ4v) is 1.82. The van der Waals surface area contributed by atoms with Crippen LogP contribution < -0.4 is 5.32 Å². The Kier molecular flexibility index (Phi) is 3.44. The van der Waals surface area contributed by atoms with Gasteiger partial charge in [-0.15, -0.1) is 0 Å². The molecule has 1 aromatic carbocycles. The smallest absolute Gasteiger partial charge is 0.130 e. The van der Waals surface area contributed by atoms with Gasteiger partial charge in [0.05, 0.1) is 12.6 Å². The van der Waals surface area contributed by atoms with Crippen LogP contribution in [0.5, 0.6) is 0 Å². The van der Waals surface area contributed by atoms with E-state index in [1.54, 1.807) is 6.20 Å². The van der Waals surface area contributed by atoms with Crippen LogP contribution in [0.4, 0.5) is 5.69 Å². The first-order valence-electron chi connectivity index (χ1n) is 5.64. The third-order valence-electron chi connectivity index (χ3n) is 2.77. The van der Waals surface area contributed by atoms with Crippen LogP contribution in [-0.2, 0) is 13.7 Å². The van der Waals surface area contributed by atoms with E-state index in [-0.39, 0.29) is 12.6 Å². The van der Waals surface area contributed by atoms with Crippen molar-refractivity contribution in [2.24, 2.45) is 7.05 Å². The van der Waals surface area contributed by atoms with Gasteiger partial charge in [-0.1, -0.05) is 12.1 Å². The lowest BCUT2D eigenvalue weighted by Gasteiger charge is -2.15. The van der Waals surface area contributed by atoms with Gasteiger partial charge in [-0.05, 0) is 24.6 Å². The minimum absolute atomic E-state index is 0.0786. The van der Waals surface area contributed by atoms with Gasteiger partial charge in [0.25, 0.3) is 0 Å². The van der Waals surface area contributed by atoms with Crippen LogP contribution in [0.1, 0.15) is 24.4 Å². The van der Waals surface area contributed by atoms with Crippen LogP contribution in [0.25, 0.3) is 0 Å². The molecule has 1 atom stereocenters. The van der Waals surface area contributed by atoms with Crippen LogP contribution in [0.15, 0.2) is 36.7 Å². The van der Waals surface area contributed by atoms with Gasteiger partial charge in [0.1, 0.15) is 5.82 Å². The molecule has 90 valence electrons. The minimum Gasteiger partial charge on any atom is -0.392 e. The number of hydrogen-bond donors (Lipinski definition) is 2. The van der Waals surface area contributed by atoms with Crippen molar-refractivity contribution in [1.29, 1.82) is 0 Å². The van der Waals surface area contributed by atoms with E-state index in [1.807, 2.05) is 42.1 Å². The topological polar surface area (TPSA) is 50.1 Å². The summed E-state index contributed by atoms with van der Waals surface area (Å²) in [5, 5.41) is 12.3. The van der Waals surface area contributed by atoms with Crippen molar-refractivity contribution < 1.29 is 5.11 Å². The highest BCUT2D eigenvalue weighted by atomic mass is 16.3. The zero-order valence-electron chi connectivity index (χ0n) is 10.1. The highest BCUT2D eigenvalue weighted by Crippen LogP contribution is 2.17. The van der Waals surface area contributed by atoms with Crippen LogP contribution >= 0.6 is 0 Å². The molecule has 0 bridgehead atoms. The molecule has 1 unspecified atom stereocenters. The molecule has 0 saturated heterocycles. The zero-order valence-corrected chi connectivity index (χ0v) is 10.1. The third-order valence-corrected chi connectivity index (χ3v) is 2.77. The van der Waals surface area contributed by atoms with E-state index < -0.39 is 0 Å². The number of imidazole rings is 1. The highest BCUT2D eigenvalue weighted by Gasteiger charge is 2.09. The third kappa shape index (κ3) is 2.65. The first-order valence-corrected chi connectivity index (χ1v) is 5.64. The van der Waals surface area contributed by atoms with Crippen molar-refractivity contribution >= 4 is 5.69 Å². The van der Waals surface area contributed by atoms with Crippen molar-refractivity contribution in [3.63, 3.8) is 0 Å². The summed E-state index contributed by atoms with van der Waals surface area (Å²) in [6, 6.07) is 7.90. The molecule has 0 spiro atoms. The van der Waals surface area contributed by atoms with Crippen LogP contribution in [0.2, 0.25) is 0 Å². The van der Waals surface area contributed by atoms with Gasteiger partial charge in [0, 0.05) is 25.1 Å². The number of aliphatic hydroxyl groups excluding tert-OH is 1. The zero-order chi connectivity index (χ0) is 12.3. The first kappa shape index (κ1) is 11.7. The summed E-state index contributed by atoms with van der Waals surface area (Å²) in [7, 11) is 1.98. The fourth-order valence-electron chi connectivity index (χ4n) is 1.82. The Morgan fingerprint density at radius 3 is 2.59 bits per heavy atom. The summed E-state index contributed by atoms with van der Waals surface area (Å²) in [4.78, 5) is 4.31. The molecule has 17 heavy (non-hydrogen) atoms. The summed E-state index contributed by atoms with van der Waals surface area (Å²) >= 11 is 0. The number of nitrogens with one attached hydrogen (secondary N) is 1. The quantitative estimate of drug-likeness (QED) is 0.847. The van der Waals surface area contributed by atoms with Crippen LogP contribution in [0, 0.1) is 0 Å². The van der Waals surface area contributed by atoms with Crippen molar-refractivity contribution in [3.8, 4) is 0 Å². The molecular formula is C13H17N3O. The van der Waals surface area contributed by atoms with Crippen molar-refractivity contribution in [3.05, 3.63) is 48.0 Å². The molecule has 0 aliphatic carbocycles. The molecule has 0 saturated carbocycles. The van der Waals surface area contributed by atoms with E-state index in [4.69, 9.17) is 5.11 Å². The summed E-state index contributed by atoms with van der Waals surface area (Å²) in [5.41, 5.74) is 1.94. The molecule has 0 fully saturated rings. The van der Waals surface area contributed by atoms with Crippen molar-refractivity contribution in [2.45, 2.75) is 19.6 Å². The van der Waals surface area contributed by atoms with Crippen LogP contribution in [0.3, 0.4) is 0 Å². The summed E-state index contributed by atoms with van der Waals surface area (Å²) < 4.78 is 2.00. The second-order valence-electron chi connectivity index (χ2n) is 4.12. The monoisotopic (exact) mass is 231 g/mol. The van der Waals surface area contributed by atoms with Gasteiger partial charge >= 0.3 is 0 Å². The number of rotatable bonds is 4. The second-order valence-corrected chi connectivity index (χ2v) is 4.12. The van der Waals surface area contributed by atoms with Gasteiger partial charge in [-0.2, -0.15) is 0 Å². The van der Waals surface area contributed by atoms with Gasteiger partial charge in [0.15, 0.2) is 0 Å². The Hall–Kier alpha value is -1.81. The highest BCUT2D eigenvalue weighted by molar-refractivity contribution is 5.45. The number of nitrogens with zero attached hydrogens (tertiary/aromatic N) is 2.